The standard InChI is InChI=1S/C4H3N4/c1-3-4(2-5)7-8-6-3/h1H2,(H,6,7,8). The van der Waals surface area contributed by atoms with Crippen LogP contribution in [0.2, 0.25) is 0 Å². The third-order valence-corrected chi connectivity index (χ3v) is 0.733. The lowest BCUT2D eigenvalue weighted by Gasteiger charge is -1.72. The van der Waals surface area contributed by atoms with Crippen molar-refractivity contribution in [3.8, 4) is 6.07 Å². The van der Waals surface area contributed by atoms with Gasteiger partial charge in [-0.15, -0.1) is 5.10 Å². The predicted octanol–water partition coefficient (Wildman–Crippen LogP) is -0.141. The average molecular weight is 107 g/mol. The van der Waals surface area contributed by atoms with Crippen molar-refractivity contribution in [3.63, 3.8) is 0 Å². The summed E-state index contributed by atoms with van der Waals surface area (Å²) in [6.07, 6.45) is 0. The number of nitriles is 1. The number of aromatic nitrogens is 3. The van der Waals surface area contributed by atoms with Gasteiger partial charge in [-0.25, -0.2) is 5.10 Å². The van der Waals surface area contributed by atoms with Gasteiger partial charge in [0.05, 0.1) is 0 Å². The SMILES string of the molecule is [CH2]c1nn[nH]c1C#N. The average Bonchev–Trinajstić information content (AvgIpc) is 2.14. The molecule has 0 aromatic carbocycles. The molecule has 0 saturated heterocycles. The lowest BCUT2D eigenvalue weighted by molar-refractivity contribution is 0.931. The van der Waals surface area contributed by atoms with E-state index in [1.165, 1.54) is 0 Å². The summed E-state index contributed by atoms with van der Waals surface area (Å²) < 4.78 is 0. The van der Waals surface area contributed by atoms with Gasteiger partial charge in [0.15, 0.2) is 5.69 Å². The maximum Gasteiger partial charge on any atom is 0.158 e. The van der Waals surface area contributed by atoms with Crippen LogP contribution < -0.4 is 0 Å². The summed E-state index contributed by atoms with van der Waals surface area (Å²) in [7, 11) is 0. The Bertz CT molecular complexity index is 218. The highest BCUT2D eigenvalue weighted by molar-refractivity contribution is 5.24. The Labute approximate surface area is 46.1 Å². The van der Waals surface area contributed by atoms with Crippen molar-refractivity contribution in [2.45, 2.75) is 0 Å². The monoisotopic (exact) mass is 107 g/mol. The highest BCUT2D eigenvalue weighted by Gasteiger charge is 1.96. The molecule has 0 aliphatic carbocycles. The molecule has 0 unspecified atom stereocenters. The molecule has 1 aromatic rings. The van der Waals surface area contributed by atoms with Gasteiger partial charge in [0.2, 0.25) is 0 Å². The number of hydrogen-bond acceptors (Lipinski definition) is 3. The first-order chi connectivity index (χ1) is 3.84. The summed E-state index contributed by atoms with van der Waals surface area (Å²) in [5, 5.41) is 17.4. The third kappa shape index (κ3) is 0.540. The smallest absolute Gasteiger partial charge is 0.158 e. The van der Waals surface area contributed by atoms with Crippen molar-refractivity contribution in [1.29, 1.82) is 5.26 Å². The van der Waals surface area contributed by atoms with E-state index in [2.05, 4.69) is 22.3 Å². The number of aromatic amines is 1. The first-order valence-corrected chi connectivity index (χ1v) is 1.97. The topological polar surface area (TPSA) is 65.4 Å². The summed E-state index contributed by atoms with van der Waals surface area (Å²) in [4.78, 5) is 0. The molecule has 0 aliphatic heterocycles. The maximum atomic E-state index is 8.21. The lowest BCUT2D eigenvalue weighted by Crippen LogP contribution is -1.75. The molecule has 0 saturated carbocycles. The van der Waals surface area contributed by atoms with Gasteiger partial charge in [-0.2, -0.15) is 5.26 Å². The second-order valence-corrected chi connectivity index (χ2v) is 1.25. The van der Waals surface area contributed by atoms with Crippen molar-refractivity contribution in [2.24, 2.45) is 0 Å². The summed E-state index contributed by atoms with van der Waals surface area (Å²) >= 11 is 0. The van der Waals surface area contributed by atoms with E-state index in [1.807, 2.05) is 6.07 Å². The quantitative estimate of drug-likeness (QED) is 0.501. The minimum atomic E-state index is 0.324. The Morgan fingerprint density at radius 1 is 1.75 bits per heavy atom. The molecule has 1 heterocycles. The Morgan fingerprint density at radius 3 is 2.75 bits per heavy atom. The van der Waals surface area contributed by atoms with Crippen LogP contribution in [0.5, 0.6) is 0 Å². The van der Waals surface area contributed by atoms with Crippen LogP contribution in [0.3, 0.4) is 0 Å². The van der Waals surface area contributed by atoms with Crippen LogP contribution >= 0.6 is 0 Å². The van der Waals surface area contributed by atoms with Crippen molar-refractivity contribution < 1.29 is 0 Å². The van der Waals surface area contributed by atoms with Crippen LogP contribution in [0.1, 0.15) is 11.4 Å². The van der Waals surface area contributed by atoms with Crippen LogP contribution in [0.15, 0.2) is 0 Å². The fraction of sp³-hybridized carbons (Fsp3) is 0. The van der Waals surface area contributed by atoms with Crippen LogP contribution in [0.4, 0.5) is 0 Å². The molecule has 8 heavy (non-hydrogen) atoms. The second kappa shape index (κ2) is 1.62. The molecule has 0 atom stereocenters. The molecule has 1 radical (unpaired) electrons. The Kier molecular flexibility index (Phi) is 0.968. The molecular formula is C4H3N4. The molecule has 4 heteroatoms. The van der Waals surface area contributed by atoms with Crippen molar-refractivity contribution in [1.82, 2.24) is 15.4 Å². The molecular weight excluding hydrogens is 104 g/mol. The van der Waals surface area contributed by atoms with Gasteiger partial charge in [0.25, 0.3) is 0 Å². The minimum Gasteiger partial charge on any atom is -0.247 e. The molecule has 39 valence electrons. The van der Waals surface area contributed by atoms with E-state index < -0.39 is 0 Å². The summed E-state index contributed by atoms with van der Waals surface area (Å²) in [5.74, 6) is 0. The number of hydrogen-bond donors (Lipinski definition) is 1. The van der Waals surface area contributed by atoms with Gasteiger partial charge in [-0.05, 0) is 0 Å². The molecule has 4 nitrogen and oxygen atoms in total. The number of H-pyrrole nitrogens is 1. The fourth-order valence-electron chi connectivity index (χ4n) is 0.339. The largest absolute Gasteiger partial charge is 0.247 e. The van der Waals surface area contributed by atoms with E-state index in [9.17, 15) is 0 Å². The molecule has 1 aromatic heterocycles. The molecule has 0 spiro atoms. The Hall–Kier alpha value is -1.37. The lowest BCUT2D eigenvalue weighted by atomic mass is 10.4. The van der Waals surface area contributed by atoms with E-state index in [-0.39, 0.29) is 0 Å². The van der Waals surface area contributed by atoms with Gasteiger partial charge in [0, 0.05) is 6.92 Å². The zero-order chi connectivity index (χ0) is 5.98. The van der Waals surface area contributed by atoms with E-state index in [1.54, 1.807) is 0 Å². The van der Waals surface area contributed by atoms with E-state index >= 15 is 0 Å². The Morgan fingerprint density at radius 2 is 2.50 bits per heavy atom. The summed E-state index contributed by atoms with van der Waals surface area (Å²) in [5.41, 5.74) is 0.720. The van der Waals surface area contributed by atoms with Crippen LogP contribution in [0.25, 0.3) is 0 Å². The van der Waals surface area contributed by atoms with E-state index in [0.29, 0.717) is 11.4 Å². The normalized spacial score (nSPS) is 8.50. The van der Waals surface area contributed by atoms with Gasteiger partial charge >= 0.3 is 0 Å². The molecule has 0 fully saturated rings. The highest BCUT2D eigenvalue weighted by Crippen LogP contribution is 1.92. The van der Waals surface area contributed by atoms with Crippen molar-refractivity contribution in [2.75, 3.05) is 0 Å². The first kappa shape index (κ1) is 4.78. The van der Waals surface area contributed by atoms with Gasteiger partial charge in [-0.1, -0.05) is 5.21 Å². The van der Waals surface area contributed by atoms with Gasteiger partial charge in [-0.3, -0.25) is 0 Å². The van der Waals surface area contributed by atoms with Crippen LogP contribution in [0, 0.1) is 18.3 Å². The Balaban J connectivity index is 3.15. The van der Waals surface area contributed by atoms with Crippen molar-refractivity contribution >= 4 is 0 Å². The highest BCUT2D eigenvalue weighted by atomic mass is 15.3. The van der Waals surface area contributed by atoms with E-state index in [4.69, 9.17) is 5.26 Å². The molecule has 0 amide bonds. The number of nitrogens with one attached hydrogen (secondary N) is 1. The maximum absolute atomic E-state index is 8.21. The molecule has 0 bridgehead atoms. The van der Waals surface area contributed by atoms with Gasteiger partial charge in [0.1, 0.15) is 11.8 Å². The zero-order valence-electron chi connectivity index (χ0n) is 4.05. The zero-order valence-corrected chi connectivity index (χ0v) is 4.05. The fourth-order valence-corrected chi connectivity index (χ4v) is 0.339. The molecule has 1 rings (SSSR count). The molecule has 1 N–H and O–H groups in total. The molecule has 0 aliphatic rings. The number of nitrogens with zero attached hydrogens (tertiary/aromatic N) is 3. The van der Waals surface area contributed by atoms with Gasteiger partial charge < -0.3 is 0 Å². The van der Waals surface area contributed by atoms with Crippen LogP contribution in [-0.4, -0.2) is 15.4 Å². The van der Waals surface area contributed by atoms with E-state index in [0.717, 1.165) is 0 Å². The van der Waals surface area contributed by atoms with Crippen molar-refractivity contribution in [3.05, 3.63) is 18.3 Å². The summed E-state index contributed by atoms with van der Waals surface area (Å²) in [6, 6.07) is 1.83. The second-order valence-electron chi connectivity index (χ2n) is 1.25. The first-order valence-electron chi connectivity index (χ1n) is 1.97. The summed E-state index contributed by atoms with van der Waals surface area (Å²) in [6.45, 7) is 3.42. The third-order valence-electron chi connectivity index (χ3n) is 0.733. The predicted molar refractivity (Wildman–Crippen MR) is 25.6 cm³/mol. The minimum absolute atomic E-state index is 0.324. The van der Waals surface area contributed by atoms with Crippen LogP contribution in [-0.2, 0) is 0 Å². The number of rotatable bonds is 0.